The van der Waals surface area contributed by atoms with Crippen molar-refractivity contribution >= 4 is 17.3 Å². The molecule has 0 bridgehead atoms. The Labute approximate surface area is 191 Å². The molecule has 10 heteroatoms. The number of anilines is 2. The molecule has 6 rings (SSSR count). The van der Waals surface area contributed by atoms with E-state index in [0.29, 0.717) is 34.9 Å². The van der Waals surface area contributed by atoms with E-state index in [0.717, 1.165) is 42.9 Å². The van der Waals surface area contributed by atoms with Crippen molar-refractivity contribution in [1.82, 2.24) is 39.9 Å². The van der Waals surface area contributed by atoms with Crippen LogP contribution in [-0.2, 0) is 0 Å². The highest BCUT2D eigenvalue weighted by molar-refractivity contribution is 5.76. The van der Waals surface area contributed by atoms with Gasteiger partial charge < -0.3 is 16.4 Å². The molecule has 4 N–H and O–H groups in total. The van der Waals surface area contributed by atoms with Gasteiger partial charge in [0.05, 0.1) is 17.8 Å². The number of aromatic nitrogens is 7. The van der Waals surface area contributed by atoms with E-state index in [4.69, 9.17) is 10.8 Å². The van der Waals surface area contributed by atoms with Gasteiger partial charge in [0.25, 0.3) is 0 Å². The van der Waals surface area contributed by atoms with E-state index in [1.165, 1.54) is 25.7 Å². The van der Waals surface area contributed by atoms with Gasteiger partial charge in [-0.25, -0.2) is 4.98 Å². The molecule has 0 aromatic carbocycles. The molecule has 0 spiro atoms. The Morgan fingerprint density at radius 3 is 2.70 bits per heavy atom. The van der Waals surface area contributed by atoms with E-state index >= 15 is 0 Å². The number of pyridine rings is 1. The number of nitrogens with one attached hydrogen (secondary N) is 2. The number of nitrogen functional groups attached to an aromatic ring is 1. The van der Waals surface area contributed by atoms with Crippen molar-refractivity contribution in [3.63, 3.8) is 0 Å². The summed E-state index contributed by atoms with van der Waals surface area (Å²) in [6.45, 7) is 2.05. The Hall–Kier alpha value is -3.53. The molecule has 2 aliphatic rings. The zero-order chi connectivity index (χ0) is 22.2. The maximum absolute atomic E-state index is 6.28. The van der Waals surface area contributed by atoms with Crippen LogP contribution >= 0.6 is 0 Å². The molecule has 33 heavy (non-hydrogen) atoms. The van der Waals surface area contributed by atoms with E-state index in [-0.39, 0.29) is 0 Å². The van der Waals surface area contributed by atoms with E-state index < -0.39 is 0 Å². The predicted octanol–water partition coefficient (Wildman–Crippen LogP) is 2.91. The largest absolute Gasteiger partial charge is 0.383 e. The van der Waals surface area contributed by atoms with Crippen LogP contribution in [0.15, 0.2) is 36.8 Å². The maximum Gasteiger partial charge on any atom is 0.189 e. The van der Waals surface area contributed by atoms with Crippen molar-refractivity contribution in [2.75, 3.05) is 24.1 Å². The Balaban J connectivity index is 1.33. The van der Waals surface area contributed by atoms with Gasteiger partial charge in [0.1, 0.15) is 11.6 Å². The summed E-state index contributed by atoms with van der Waals surface area (Å²) in [5.74, 6) is 1.80. The molecule has 0 radical (unpaired) electrons. The van der Waals surface area contributed by atoms with Crippen molar-refractivity contribution in [3.05, 3.63) is 36.8 Å². The fourth-order valence-corrected chi connectivity index (χ4v) is 4.88. The van der Waals surface area contributed by atoms with Crippen LogP contribution in [0.25, 0.3) is 28.2 Å². The zero-order valence-corrected chi connectivity index (χ0v) is 18.5. The molecule has 4 aromatic rings. The van der Waals surface area contributed by atoms with Crippen LogP contribution in [0.1, 0.15) is 44.6 Å². The zero-order valence-electron chi connectivity index (χ0n) is 18.5. The second-order valence-electron chi connectivity index (χ2n) is 8.98. The van der Waals surface area contributed by atoms with Crippen molar-refractivity contribution in [2.45, 2.75) is 50.6 Å². The van der Waals surface area contributed by atoms with Crippen molar-refractivity contribution in [1.29, 1.82) is 0 Å². The summed E-state index contributed by atoms with van der Waals surface area (Å²) >= 11 is 0. The molecular weight excluding hydrogens is 416 g/mol. The van der Waals surface area contributed by atoms with Gasteiger partial charge in [-0.2, -0.15) is 9.61 Å². The lowest BCUT2D eigenvalue weighted by molar-refractivity contribution is 0.343. The average Bonchev–Trinajstić information content (AvgIpc) is 3.61. The summed E-state index contributed by atoms with van der Waals surface area (Å²) in [5.41, 5.74) is 9.61. The second kappa shape index (κ2) is 8.43. The molecule has 170 valence electrons. The Morgan fingerprint density at radius 1 is 1.00 bits per heavy atom. The van der Waals surface area contributed by atoms with Gasteiger partial charge >= 0.3 is 0 Å². The van der Waals surface area contributed by atoms with Gasteiger partial charge in [0.2, 0.25) is 0 Å². The number of fused-ring (bicyclic) bond motifs is 1. The van der Waals surface area contributed by atoms with Crippen molar-refractivity contribution in [3.8, 4) is 22.5 Å². The highest BCUT2D eigenvalue weighted by atomic mass is 15.4. The summed E-state index contributed by atoms with van der Waals surface area (Å²) < 4.78 is 3.81. The number of rotatable bonds is 5. The van der Waals surface area contributed by atoms with Crippen LogP contribution in [-0.4, -0.2) is 53.7 Å². The first-order valence-electron chi connectivity index (χ1n) is 11.7. The highest BCUT2D eigenvalue weighted by Gasteiger charge is 2.19. The molecule has 0 unspecified atom stereocenters. The molecule has 5 heterocycles. The maximum atomic E-state index is 6.28. The molecule has 1 saturated heterocycles. The molecular formula is C23H28N10. The molecule has 4 aromatic heterocycles. The Morgan fingerprint density at radius 2 is 1.85 bits per heavy atom. The number of piperidine rings is 1. The van der Waals surface area contributed by atoms with E-state index in [2.05, 4.69) is 41.8 Å². The first kappa shape index (κ1) is 20.1. The van der Waals surface area contributed by atoms with Crippen LogP contribution < -0.4 is 16.4 Å². The predicted molar refractivity (Wildman–Crippen MR) is 127 cm³/mol. The number of hydrogen-bond acceptors (Lipinski definition) is 8. The fraction of sp³-hybridized carbons (Fsp3) is 0.435. The summed E-state index contributed by atoms with van der Waals surface area (Å²) in [6.07, 6.45) is 12.8. The molecule has 1 saturated carbocycles. The first-order valence-corrected chi connectivity index (χ1v) is 11.7. The van der Waals surface area contributed by atoms with Crippen LogP contribution in [0, 0.1) is 0 Å². The minimum absolute atomic E-state index is 0.398. The van der Waals surface area contributed by atoms with Gasteiger partial charge in [-0.05, 0) is 57.0 Å². The van der Waals surface area contributed by atoms with Gasteiger partial charge in [-0.1, -0.05) is 12.8 Å². The topological polar surface area (TPSA) is 124 Å². The third-order valence-corrected chi connectivity index (χ3v) is 6.75. The molecule has 1 aliphatic carbocycles. The van der Waals surface area contributed by atoms with Gasteiger partial charge in [-0.3, -0.25) is 4.68 Å². The number of hydrogen-bond donors (Lipinski definition) is 3. The monoisotopic (exact) mass is 444 g/mol. The van der Waals surface area contributed by atoms with Gasteiger partial charge in [0.15, 0.2) is 11.5 Å². The molecule has 2 fully saturated rings. The number of nitrogens with zero attached hydrogens (tertiary/aromatic N) is 7. The van der Waals surface area contributed by atoms with Crippen LogP contribution in [0.4, 0.5) is 11.6 Å². The number of nitrogens with two attached hydrogens (primary N) is 1. The minimum atomic E-state index is 0.398. The Bertz CT molecular complexity index is 1260. The van der Waals surface area contributed by atoms with Crippen LogP contribution in [0.3, 0.4) is 0 Å². The third kappa shape index (κ3) is 3.91. The molecule has 10 nitrogen and oxygen atoms in total. The Kier molecular flexibility index (Phi) is 5.14. The van der Waals surface area contributed by atoms with E-state index in [1.54, 1.807) is 10.7 Å². The quantitative estimate of drug-likeness (QED) is 0.429. The molecule has 1 aliphatic heterocycles. The van der Waals surface area contributed by atoms with Crippen molar-refractivity contribution < 1.29 is 0 Å². The standard InChI is InChI=1S/C23H28N10/c24-22-19(11-15(12-26-22)16-13-27-32(14-16)18-7-9-25-10-8-18)23-30-29-21-6-5-20(31-33(21)23)28-17-3-1-2-4-17/h5-6,11-14,17-18,25H,1-4,7-10H2,(H2,24,26)(H,28,31). The molecule has 0 amide bonds. The fourth-order valence-electron chi connectivity index (χ4n) is 4.88. The smallest absolute Gasteiger partial charge is 0.189 e. The summed E-state index contributed by atoms with van der Waals surface area (Å²) in [5, 5.41) is 25.0. The summed E-state index contributed by atoms with van der Waals surface area (Å²) in [6, 6.07) is 6.79. The normalized spacial score (nSPS) is 17.7. The van der Waals surface area contributed by atoms with Crippen molar-refractivity contribution in [2.24, 2.45) is 0 Å². The van der Waals surface area contributed by atoms with E-state index in [9.17, 15) is 0 Å². The van der Waals surface area contributed by atoms with Gasteiger partial charge in [-0.15, -0.1) is 15.3 Å². The first-order chi connectivity index (χ1) is 16.2. The SMILES string of the molecule is Nc1ncc(-c2cnn(C3CCNCC3)c2)cc1-c1nnc2ccc(NC3CCCC3)nn12. The highest BCUT2D eigenvalue weighted by Crippen LogP contribution is 2.30. The lowest BCUT2D eigenvalue weighted by Gasteiger charge is -2.22. The lowest BCUT2D eigenvalue weighted by atomic mass is 10.1. The average molecular weight is 445 g/mol. The third-order valence-electron chi connectivity index (χ3n) is 6.75. The molecule has 0 atom stereocenters. The second-order valence-corrected chi connectivity index (χ2v) is 8.98. The lowest BCUT2D eigenvalue weighted by Crippen LogP contribution is -2.29. The summed E-state index contributed by atoms with van der Waals surface area (Å²) in [4.78, 5) is 4.45. The van der Waals surface area contributed by atoms with Crippen LogP contribution in [0.5, 0.6) is 0 Å². The van der Waals surface area contributed by atoms with Gasteiger partial charge in [0, 0.05) is 29.6 Å². The van der Waals surface area contributed by atoms with Crippen LogP contribution in [0.2, 0.25) is 0 Å². The van der Waals surface area contributed by atoms with E-state index in [1.807, 2.05) is 24.4 Å². The minimum Gasteiger partial charge on any atom is -0.383 e. The summed E-state index contributed by atoms with van der Waals surface area (Å²) in [7, 11) is 0.